The molecule has 2 fully saturated rings. The second kappa shape index (κ2) is 12.0. The van der Waals surface area contributed by atoms with Gasteiger partial charge in [-0.15, -0.1) is 0 Å². The number of hydrogen-bond donors (Lipinski definition) is 1. The van der Waals surface area contributed by atoms with E-state index in [9.17, 15) is 19.5 Å². The number of ketones is 1. The molecule has 8 atom stereocenters. The minimum atomic E-state index is -1.40. The molecule has 1 aliphatic heterocycles. The molecule has 3 aliphatic rings. The normalized spacial score (nSPS) is 39.1. The van der Waals surface area contributed by atoms with Gasteiger partial charge in [0.15, 0.2) is 11.4 Å². The Kier molecular flexibility index (Phi) is 9.14. The maximum Gasteiger partial charge on any atom is 0.306 e. The molecule has 1 heterocycles. The fourth-order valence-electron chi connectivity index (χ4n) is 7.16. The summed E-state index contributed by atoms with van der Waals surface area (Å²) >= 11 is 0. The first-order chi connectivity index (χ1) is 19.3. The van der Waals surface area contributed by atoms with Crippen LogP contribution in [0.15, 0.2) is 41.5 Å². The summed E-state index contributed by atoms with van der Waals surface area (Å²) in [5, 5.41) is 11.9. The maximum atomic E-state index is 14.6. The second-order valence-corrected chi connectivity index (χ2v) is 12.4. The molecule has 1 aromatic rings. The molecule has 0 amide bonds. The van der Waals surface area contributed by atoms with Gasteiger partial charge in [0.25, 0.3) is 0 Å². The first-order valence-electron chi connectivity index (χ1n) is 14.3. The molecule has 1 N–H and O–H groups in total. The number of aryl methyl sites for hydroxylation is 1. The number of aliphatic hydroxyl groups is 1. The van der Waals surface area contributed by atoms with Crippen molar-refractivity contribution in [2.45, 2.75) is 102 Å². The zero-order valence-corrected chi connectivity index (χ0v) is 25.2. The number of benzene rings is 1. The monoisotopic (exact) mass is 572 g/mol. The van der Waals surface area contributed by atoms with Gasteiger partial charge < -0.3 is 28.8 Å². The molecule has 1 saturated carbocycles. The highest BCUT2D eigenvalue weighted by atomic mass is 16.6. The van der Waals surface area contributed by atoms with Gasteiger partial charge in [0.05, 0.1) is 23.7 Å². The van der Waals surface area contributed by atoms with Crippen molar-refractivity contribution in [3.05, 3.63) is 47.0 Å². The van der Waals surface area contributed by atoms with Crippen molar-refractivity contribution in [2.75, 3.05) is 20.8 Å². The largest absolute Gasteiger partial charge is 0.458 e. The number of carbonyl (C=O) groups is 3. The SMILES string of the molecule is COC1C(=O)C2(C)C(OC)CC3OC[C@@]3(OC(C)=O)C2CC(C)(O)C[C@H](OC(=O)CCc2ccccc2)/C(C)=C/1C. The van der Waals surface area contributed by atoms with Crippen LogP contribution in [0.5, 0.6) is 0 Å². The van der Waals surface area contributed by atoms with Crippen molar-refractivity contribution < 1.29 is 43.2 Å². The number of Topliss-reactive ketones (excluding diaryl/α,β-unsaturated/α-hetero) is 1. The lowest BCUT2D eigenvalue weighted by Gasteiger charge is -2.63. The summed E-state index contributed by atoms with van der Waals surface area (Å²) < 4.78 is 29.6. The first kappa shape index (κ1) is 31.3. The summed E-state index contributed by atoms with van der Waals surface area (Å²) in [7, 11) is 3.03. The van der Waals surface area contributed by atoms with E-state index in [1.54, 1.807) is 21.0 Å². The van der Waals surface area contributed by atoms with Gasteiger partial charge in [-0.1, -0.05) is 30.3 Å². The highest BCUT2D eigenvalue weighted by Crippen LogP contribution is 2.58. The summed E-state index contributed by atoms with van der Waals surface area (Å²) in [5.41, 5.74) is -1.41. The summed E-state index contributed by atoms with van der Waals surface area (Å²) in [6.45, 7) is 8.55. The summed E-state index contributed by atoms with van der Waals surface area (Å²) in [6.07, 6.45) is -1.57. The Morgan fingerprint density at radius 3 is 2.29 bits per heavy atom. The molecule has 41 heavy (non-hydrogen) atoms. The zero-order chi connectivity index (χ0) is 30.2. The number of ether oxygens (including phenoxy) is 5. The minimum Gasteiger partial charge on any atom is -0.458 e. The van der Waals surface area contributed by atoms with Gasteiger partial charge in [0.2, 0.25) is 0 Å². The van der Waals surface area contributed by atoms with Crippen LogP contribution in [-0.4, -0.2) is 79.3 Å². The smallest absolute Gasteiger partial charge is 0.306 e. The van der Waals surface area contributed by atoms with Gasteiger partial charge in [-0.2, -0.15) is 0 Å². The van der Waals surface area contributed by atoms with Gasteiger partial charge in [-0.05, 0) is 57.2 Å². The Morgan fingerprint density at radius 2 is 1.73 bits per heavy atom. The van der Waals surface area contributed by atoms with Gasteiger partial charge in [0.1, 0.15) is 18.3 Å². The molecule has 6 unspecified atom stereocenters. The molecule has 226 valence electrons. The first-order valence-corrected chi connectivity index (χ1v) is 14.3. The average Bonchev–Trinajstić information content (AvgIpc) is 2.91. The van der Waals surface area contributed by atoms with Crippen LogP contribution < -0.4 is 0 Å². The third-order valence-corrected chi connectivity index (χ3v) is 9.59. The summed E-state index contributed by atoms with van der Waals surface area (Å²) in [5.74, 6) is -1.78. The Balaban J connectivity index is 1.74. The highest BCUT2D eigenvalue weighted by Gasteiger charge is 2.71. The number of carbonyl (C=O) groups excluding carboxylic acids is 3. The Labute approximate surface area is 242 Å². The number of esters is 2. The average molecular weight is 573 g/mol. The van der Waals surface area contributed by atoms with E-state index in [0.29, 0.717) is 24.0 Å². The molecule has 0 spiro atoms. The van der Waals surface area contributed by atoms with E-state index < -0.39 is 58.9 Å². The van der Waals surface area contributed by atoms with Crippen LogP contribution in [-0.2, 0) is 44.5 Å². The van der Waals surface area contributed by atoms with Gasteiger partial charge in [-0.3, -0.25) is 14.4 Å². The summed E-state index contributed by atoms with van der Waals surface area (Å²) in [6, 6.07) is 9.67. The van der Waals surface area contributed by atoms with Crippen LogP contribution >= 0.6 is 0 Å². The fraction of sp³-hybridized carbons (Fsp3) is 0.656. The Hall–Kier alpha value is -2.59. The van der Waals surface area contributed by atoms with E-state index in [4.69, 9.17) is 23.7 Å². The van der Waals surface area contributed by atoms with Crippen LogP contribution in [0.2, 0.25) is 0 Å². The van der Waals surface area contributed by atoms with Gasteiger partial charge in [-0.25, -0.2) is 0 Å². The van der Waals surface area contributed by atoms with Crippen LogP contribution in [0.25, 0.3) is 0 Å². The highest BCUT2D eigenvalue weighted by molar-refractivity contribution is 5.92. The summed E-state index contributed by atoms with van der Waals surface area (Å²) in [4.78, 5) is 40.0. The fourth-order valence-corrected chi connectivity index (χ4v) is 7.16. The molecular weight excluding hydrogens is 528 g/mol. The van der Waals surface area contributed by atoms with Crippen molar-refractivity contribution in [3.63, 3.8) is 0 Å². The molecule has 0 aromatic heterocycles. The van der Waals surface area contributed by atoms with Crippen molar-refractivity contribution in [3.8, 4) is 0 Å². The predicted molar refractivity (Wildman–Crippen MR) is 150 cm³/mol. The van der Waals surface area contributed by atoms with E-state index in [1.807, 2.05) is 44.2 Å². The lowest BCUT2D eigenvalue weighted by atomic mass is 9.51. The van der Waals surface area contributed by atoms with E-state index in [2.05, 4.69) is 0 Å². The molecule has 4 rings (SSSR count). The quantitative estimate of drug-likeness (QED) is 0.385. The number of methoxy groups -OCH3 is 2. The maximum absolute atomic E-state index is 14.6. The second-order valence-electron chi connectivity index (χ2n) is 12.4. The van der Waals surface area contributed by atoms with Gasteiger partial charge >= 0.3 is 11.9 Å². The third kappa shape index (κ3) is 5.87. The zero-order valence-electron chi connectivity index (χ0n) is 25.2. The van der Waals surface area contributed by atoms with Crippen molar-refractivity contribution in [1.82, 2.24) is 0 Å². The number of fused-ring (bicyclic) bond motifs is 3. The van der Waals surface area contributed by atoms with E-state index in [1.165, 1.54) is 14.0 Å². The van der Waals surface area contributed by atoms with Gasteiger partial charge in [0, 0.05) is 46.3 Å². The van der Waals surface area contributed by atoms with Crippen molar-refractivity contribution >= 4 is 17.7 Å². The number of rotatable bonds is 7. The number of hydrogen-bond acceptors (Lipinski definition) is 9. The molecule has 2 aliphatic carbocycles. The third-order valence-electron chi connectivity index (χ3n) is 9.59. The lowest BCUT2D eigenvalue weighted by Crippen LogP contribution is -2.76. The van der Waals surface area contributed by atoms with Crippen molar-refractivity contribution in [2.24, 2.45) is 11.3 Å². The van der Waals surface area contributed by atoms with Crippen LogP contribution in [0.4, 0.5) is 0 Å². The topological polar surface area (TPSA) is 118 Å². The Morgan fingerprint density at radius 1 is 1.05 bits per heavy atom. The van der Waals surface area contributed by atoms with Crippen LogP contribution in [0.1, 0.15) is 65.9 Å². The van der Waals surface area contributed by atoms with Crippen molar-refractivity contribution in [1.29, 1.82) is 0 Å². The predicted octanol–water partition coefficient (Wildman–Crippen LogP) is 3.74. The molecule has 9 heteroatoms. The van der Waals surface area contributed by atoms with E-state index >= 15 is 0 Å². The Bertz CT molecular complexity index is 1170. The standard InChI is InChI=1S/C32H44O9/c1-19-20(2)28(38-7)29(35)31(5)24(32(41-21(3)33)18-39-26(32)15-25(31)37-6)17-30(4,36)16-23(19)40-27(34)14-13-22-11-9-8-10-12-22/h8-12,23-26,28,36H,13-18H2,1-7H3/b20-19+/t23-,24?,25?,26?,28?,30?,31?,32+/m0/s1. The van der Waals surface area contributed by atoms with E-state index in [0.717, 1.165) is 5.56 Å². The molecule has 0 bridgehead atoms. The minimum absolute atomic E-state index is 0.0864. The van der Waals surface area contributed by atoms with Crippen LogP contribution in [0.3, 0.4) is 0 Å². The molecule has 1 aromatic carbocycles. The molecular formula is C32H44O9. The lowest BCUT2D eigenvalue weighted by molar-refractivity contribution is -0.325. The van der Waals surface area contributed by atoms with Crippen LogP contribution in [0, 0.1) is 11.3 Å². The van der Waals surface area contributed by atoms with E-state index in [-0.39, 0.29) is 31.7 Å². The molecule has 1 saturated heterocycles. The molecule has 9 nitrogen and oxygen atoms in total. The molecule has 0 radical (unpaired) electrons.